The predicted octanol–water partition coefficient (Wildman–Crippen LogP) is 3.24. The summed E-state index contributed by atoms with van der Waals surface area (Å²) in [5.74, 6) is 1.46. The van der Waals surface area contributed by atoms with Crippen molar-refractivity contribution in [2.45, 2.75) is 20.8 Å². The first-order valence-corrected chi connectivity index (χ1v) is 8.37. The highest BCUT2D eigenvalue weighted by Crippen LogP contribution is 2.21. The van der Waals surface area contributed by atoms with Gasteiger partial charge < -0.3 is 4.74 Å². The summed E-state index contributed by atoms with van der Waals surface area (Å²) in [6.45, 7) is 6.54. The third-order valence-corrected chi connectivity index (χ3v) is 4.21. The average Bonchev–Trinajstić information content (AvgIpc) is 3.07. The maximum Gasteiger partial charge on any atom is 0.216 e. The maximum atomic E-state index is 5.47. The van der Waals surface area contributed by atoms with Gasteiger partial charge in [-0.3, -0.25) is 4.68 Å². The van der Waals surface area contributed by atoms with Gasteiger partial charge in [-0.25, -0.2) is 5.10 Å². The highest BCUT2D eigenvalue weighted by molar-refractivity contribution is 7.71. The van der Waals surface area contributed by atoms with Crippen LogP contribution >= 0.6 is 12.2 Å². The Kier molecular flexibility index (Phi) is 4.80. The molecule has 1 N–H and O–H groups in total. The molecule has 2 heterocycles. The van der Waals surface area contributed by atoms with E-state index in [1.807, 2.05) is 56.8 Å². The number of rotatable bonds is 5. The van der Waals surface area contributed by atoms with Gasteiger partial charge in [-0.2, -0.15) is 20.0 Å². The molecule has 3 aromatic rings. The summed E-state index contributed by atoms with van der Waals surface area (Å²) in [5.41, 5.74) is 3.83. The van der Waals surface area contributed by atoms with Crippen molar-refractivity contribution in [2.24, 2.45) is 12.1 Å². The van der Waals surface area contributed by atoms with Crippen LogP contribution in [0.25, 0.3) is 11.4 Å². The van der Waals surface area contributed by atoms with Crippen molar-refractivity contribution in [3.8, 4) is 17.1 Å². The summed E-state index contributed by atoms with van der Waals surface area (Å²) in [6, 6.07) is 7.67. The van der Waals surface area contributed by atoms with Gasteiger partial charge in [0.2, 0.25) is 4.77 Å². The Hall–Kier alpha value is -2.74. The Morgan fingerprint density at radius 2 is 2.00 bits per heavy atom. The van der Waals surface area contributed by atoms with Crippen LogP contribution in [0, 0.1) is 18.6 Å². The Labute approximate surface area is 151 Å². The van der Waals surface area contributed by atoms with Crippen LogP contribution in [0.15, 0.2) is 29.4 Å². The molecule has 7 nitrogen and oxygen atoms in total. The molecule has 8 heteroatoms. The molecular formula is C17H20N6OS. The molecule has 0 saturated carbocycles. The Morgan fingerprint density at radius 1 is 1.28 bits per heavy atom. The number of nitrogens with one attached hydrogen (secondary N) is 1. The van der Waals surface area contributed by atoms with Gasteiger partial charge in [0, 0.05) is 23.9 Å². The topological polar surface area (TPSA) is 73.0 Å². The molecule has 0 atom stereocenters. The normalized spacial score (nSPS) is 11.4. The van der Waals surface area contributed by atoms with Crippen LogP contribution in [0.5, 0.6) is 5.75 Å². The van der Waals surface area contributed by atoms with Crippen LogP contribution in [-0.4, -0.2) is 37.5 Å². The van der Waals surface area contributed by atoms with E-state index in [2.05, 4.69) is 20.4 Å². The van der Waals surface area contributed by atoms with Gasteiger partial charge in [0.15, 0.2) is 5.82 Å². The lowest BCUT2D eigenvalue weighted by Crippen LogP contribution is -1.97. The molecule has 3 rings (SSSR count). The van der Waals surface area contributed by atoms with Gasteiger partial charge in [-0.05, 0) is 57.3 Å². The summed E-state index contributed by atoms with van der Waals surface area (Å²) < 4.78 is 9.34. The second-order valence-corrected chi connectivity index (χ2v) is 5.96. The van der Waals surface area contributed by atoms with Gasteiger partial charge in [-0.1, -0.05) is 0 Å². The molecule has 2 aromatic heterocycles. The zero-order valence-electron chi connectivity index (χ0n) is 14.6. The van der Waals surface area contributed by atoms with E-state index in [-0.39, 0.29) is 0 Å². The smallest absolute Gasteiger partial charge is 0.216 e. The van der Waals surface area contributed by atoms with Gasteiger partial charge >= 0.3 is 0 Å². The second kappa shape index (κ2) is 7.02. The fourth-order valence-corrected chi connectivity index (χ4v) is 2.72. The largest absolute Gasteiger partial charge is 0.494 e. The van der Waals surface area contributed by atoms with Gasteiger partial charge in [0.25, 0.3) is 0 Å². The van der Waals surface area contributed by atoms with Gasteiger partial charge in [-0.15, -0.1) is 0 Å². The molecule has 0 bridgehead atoms. The van der Waals surface area contributed by atoms with Crippen LogP contribution in [-0.2, 0) is 7.05 Å². The van der Waals surface area contributed by atoms with Crippen LogP contribution in [0.2, 0.25) is 0 Å². The Balaban J connectivity index is 1.97. The van der Waals surface area contributed by atoms with Crippen molar-refractivity contribution in [3.63, 3.8) is 0 Å². The zero-order valence-corrected chi connectivity index (χ0v) is 15.5. The first-order valence-electron chi connectivity index (χ1n) is 7.96. The number of aromatic amines is 1. The van der Waals surface area contributed by atoms with Gasteiger partial charge in [0.1, 0.15) is 5.75 Å². The van der Waals surface area contributed by atoms with Crippen molar-refractivity contribution < 1.29 is 4.74 Å². The summed E-state index contributed by atoms with van der Waals surface area (Å²) >= 11 is 5.31. The predicted molar refractivity (Wildman–Crippen MR) is 99.7 cm³/mol. The minimum absolute atomic E-state index is 0.430. The zero-order chi connectivity index (χ0) is 18.0. The summed E-state index contributed by atoms with van der Waals surface area (Å²) in [4.78, 5) is 0. The second-order valence-electron chi connectivity index (χ2n) is 5.57. The Bertz CT molecular complexity index is 964. The van der Waals surface area contributed by atoms with E-state index in [1.165, 1.54) is 0 Å². The van der Waals surface area contributed by atoms with Gasteiger partial charge in [0.05, 0.1) is 18.5 Å². The summed E-state index contributed by atoms with van der Waals surface area (Å²) in [7, 11) is 1.91. The molecule has 130 valence electrons. The number of ether oxygens (including phenoxy) is 1. The van der Waals surface area contributed by atoms with E-state index >= 15 is 0 Å². The average molecular weight is 356 g/mol. The van der Waals surface area contributed by atoms with Crippen molar-refractivity contribution in [1.29, 1.82) is 0 Å². The summed E-state index contributed by atoms with van der Waals surface area (Å²) in [5, 5.41) is 16.0. The van der Waals surface area contributed by atoms with E-state index < -0.39 is 0 Å². The minimum atomic E-state index is 0.430. The van der Waals surface area contributed by atoms with Crippen LogP contribution < -0.4 is 4.74 Å². The van der Waals surface area contributed by atoms with E-state index in [4.69, 9.17) is 17.0 Å². The number of aromatic nitrogens is 5. The van der Waals surface area contributed by atoms with Crippen LogP contribution in [0.3, 0.4) is 0 Å². The fraction of sp³-hybridized carbons (Fsp3) is 0.294. The number of hydrogen-bond acceptors (Lipinski definition) is 5. The molecule has 0 fully saturated rings. The molecule has 0 aliphatic carbocycles. The summed E-state index contributed by atoms with van der Waals surface area (Å²) in [6.07, 6.45) is 1.76. The Morgan fingerprint density at radius 3 is 2.60 bits per heavy atom. The number of aryl methyl sites for hydroxylation is 2. The van der Waals surface area contributed by atoms with E-state index in [0.717, 1.165) is 28.3 Å². The molecule has 1 aromatic carbocycles. The molecule has 0 aliphatic heterocycles. The van der Waals surface area contributed by atoms with Crippen LogP contribution in [0.4, 0.5) is 0 Å². The highest BCUT2D eigenvalue weighted by Gasteiger charge is 2.10. The first kappa shape index (κ1) is 17.1. The molecule has 0 unspecified atom stereocenters. The number of hydrogen-bond donors (Lipinski definition) is 1. The lowest BCUT2D eigenvalue weighted by Gasteiger charge is -2.04. The standard InChI is InChI=1S/C17H20N6OS/c1-5-24-14-8-6-13(7-9-14)16-19-20-17(25)23(16)18-10-15-11(2)21-22(4)12(15)3/h6-10H,5H2,1-4H3,(H,20,25)/b18-10-. The quantitative estimate of drug-likeness (QED) is 0.563. The van der Waals surface area contributed by atoms with E-state index in [0.29, 0.717) is 17.2 Å². The minimum Gasteiger partial charge on any atom is -0.494 e. The number of H-pyrrole nitrogens is 1. The highest BCUT2D eigenvalue weighted by atomic mass is 32.1. The van der Waals surface area contributed by atoms with E-state index in [9.17, 15) is 0 Å². The molecule has 0 aliphatic rings. The fourth-order valence-electron chi connectivity index (χ4n) is 2.54. The molecule has 25 heavy (non-hydrogen) atoms. The molecule has 0 amide bonds. The first-order chi connectivity index (χ1) is 12.0. The lowest BCUT2D eigenvalue weighted by molar-refractivity contribution is 0.340. The lowest BCUT2D eigenvalue weighted by atomic mass is 10.2. The van der Waals surface area contributed by atoms with Crippen molar-refractivity contribution in [2.75, 3.05) is 6.61 Å². The SMILES string of the molecule is CCOc1ccc(-c2n[nH]c(=S)n2/N=C\c2c(C)nn(C)c2C)cc1. The van der Waals surface area contributed by atoms with Crippen molar-refractivity contribution in [1.82, 2.24) is 24.7 Å². The molecule has 0 radical (unpaired) electrons. The third-order valence-electron chi connectivity index (χ3n) is 3.94. The van der Waals surface area contributed by atoms with E-state index in [1.54, 1.807) is 10.9 Å². The molecular weight excluding hydrogens is 336 g/mol. The molecule has 0 saturated heterocycles. The number of nitrogens with zero attached hydrogens (tertiary/aromatic N) is 5. The maximum absolute atomic E-state index is 5.47. The van der Waals surface area contributed by atoms with Crippen LogP contribution in [0.1, 0.15) is 23.9 Å². The van der Waals surface area contributed by atoms with Crippen molar-refractivity contribution >= 4 is 18.4 Å². The van der Waals surface area contributed by atoms with Crippen molar-refractivity contribution in [3.05, 3.63) is 46.0 Å². The third kappa shape index (κ3) is 3.39. The molecule has 0 spiro atoms. The monoisotopic (exact) mass is 356 g/mol. The number of benzene rings is 1.